The van der Waals surface area contributed by atoms with Crippen molar-refractivity contribution in [2.24, 2.45) is 11.8 Å². The van der Waals surface area contributed by atoms with Crippen LogP contribution >= 0.6 is 0 Å². The molecule has 1 saturated heterocycles. The Morgan fingerprint density at radius 2 is 2.17 bits per heavy atom. The fourth-order valence-corrected chi connectivity index (χ4v) is 2.06. The van der Waals surface area contributed by atoms with Crippen LogP contribution in [0.1, 0.15) is 23.0 Å². The first kappa shape index (κ1) is 12.5. The quantitative estimate of drug-likeness (QED) is 0.872. The molecule has 1 aliphatic rings. The normalized spacial score (nSPS) is 17.1. The van der Waals surface area contributed by atoms with Gasteiger partial charge in [-0.05, 0) is 18.6 Å². The Kier molecular flexibility index (Phi) is 3.32. The first-order valence-corrected chi connectivity index (χ1v) is 5.94. The molecule has 2 heterocycles. The van der Waals surface area contributed by atoms with Gasteiger partial charge in [0.05, 0.1) is 5.92 Å². The second kappa shape index (κ2) is 4.76. The summed E-state index contributed by atoms with van der Waals surface area (Å²) in [7, 11) is 0. The Labute approximate surface area is 105 Å². The maximum Gasteiger partial charge on any atom is 0.306 e. The van der Waals surface area contributed by atoms with E-state index in [2.05, 4.69) is 4.98 Å². The molecule has 0 aromatic carbocycles. The van der Waals surface area contributed by atoms with E-state index in [1.54, 1.807) is 24.1 Å². The monoisotopic (exact) mass is 248 g/mol. The number of aliphatic carboxylic acids is 1. The lowest BCUT2D eigenvalue weighted by molar-refractivity contribution is -0.144. The Balaban J connectivity index is 1.99. The summed E-state index contributed by atoms with van der Waals surface area (Å²) >= 11 is 0. The number of nitrogens with zero attached hydrogens (tertiary/aromatic N) is 2. The molecule has 0 saturated carbocycles. The molecular weight excluding hydrogens is 232 g/mol. The van der Waals surface area contributed by atoms with Gasteiger partial charge in [0.2, 0.25) is 0 Å². The van der Waals surface area contributed by atoms with E-state index in [9.17, 15) is 9.59 Å². The number of rotatable bonds is 3. The second-order valence-corrected chi connectivity index (χ2v) is 4.77. The largest absolute Gasteiger partial charge is 0.481 e. The van der Waals surface area contributed by atoms with Gasteiger partial charge in [0.1, 0.15) is 5.69 Å². The third-order valence-corrected chi connectivity index (χ3v) is 3.51. The molecule has 1 atom stereocenters. The van der Waals surface area contributed by atoms with Crippen molar-refractivity contribution in [3.8, 4) is 0 Å². The van der Waals surface area contributed by atoms with E-state index in [-0.39, 0.29) is 11.8 Å². The van der Waals surface area contributed by atoms with Crippen molar-refractivity contribution >= 4 is 11.9 Å². The molecule has 96 valence electrons. The van der Waals surface area contributed by atoms with Gasteiger partial charge in [-0.3, -0.25) is 14.6 Å². The summed E-state index contributed by atoms with van der Waals surface area (Å²) in [5.41, 5.74) is 1.30. The maximum atomic E-state index is 12.1. The highest BCUT2D eigenvalue weighted by molar-refractivity contribution is 5.94. The van der Waals surface area contributed by atoms with Crippen LogP contribution in [0.5, 0.6) is 0 Å². The van der Waals surface area contributed by atoms with Gasteiger partial charge in [-0.25, -0.2) is 0 Å². The molecule has 0 bridgehead atoms. The van der Waals surface area contributed by atoms with Crippen LogP contribution in [-0.2, 0) is 4.79 Å². The number of aryl methyl sites for hydroxylation is 1. The first-order valence-electron chi connectivity index (χ1n) is 5.94. The van der Waals surface area contributed by atoms with E-state index in [1.807, 2.05) is 13.0 Å². The van der Waals surface area contributed by atoms with Gasteiger partial charge in [0.15, 0.2) is 0 Å². The molecule has 1 aliphatic heterocycles. The number of carboxylic acids is 1. The van der Waals surface area contributed by atoms with Crippen LogP contribution in [0.3, 0.4) is 0 Å². The average molecular weight is 248 g/mol. The summed E-state index contributed by atoms with van der Waals surface area (Å²) in [5, 5.41) is 8.89. The number of pyridine rings is 1. The van der Waals surface area contributed by atoms with Crippen LogP contribution in [0.4, 0.5) is 0 Å². The van der Waals surface area contributed by atoms with Crippen molar-refractivity contribution in [2.75, 3.05) is 13.1 Å². The molecule has 1 fully saturated rings. The molecule has 5 heteroatoms. The van der Waals surface area contributed by atoms with Crippen LogP contribution in [0.2, 0.25) is 0 Å². The molecule has 1 aromatic rings. The Bertz CT molecular complexity index is 481. The fraction of sp³-hybridized carbons (Fsp3) is 0.462. The average Bonchev–Trinajstić information content (AvgIpc) is 2.27. The topological polar surface area (TPSA) is 70.5 Å². The summed E-state index contributed by atoms with van der Waals surface area (Å²) in [5.74, 6) is -1.27. The van der Waals surface area contributed by atoms with Crippen LogP contribution in [0.15, 0.2) is 18.3 Å². The van der Waals surface area contributed by atoms with Crippen molar-refractivity contribution in [3.63, 3.8) is 0 Å². The highest BCUT2D eigenvalue weighted by Gasteiger charge is 2.38. The van der Waals surface area contributed by atoms with Gasteiger partial charge in [-0.15, -0.1) is 0 Å². The number of hydrogen-bond donors (Lipinski definition) is 1. The van der Waals surface area contributed by atoms with E-state index in [1.165, 1.54) is 0 Å². The number of hydrogen-bond acceptors (Lipinski definition) is 3. The summed E-state index contributed by atoms with van der Waals surface area (Å²) in [4.78, 5) is 28.7. The smallest absolute Gasteiger partial charge is 0.306 e. The van der Waals surface area contributed by atoms with Crippen LogP contribution in [0, 0.1) is 18.8 Å². The molecule has 18 heavy (non-hydrogen) atoms. The molecule has 1 aromatic heterocycles. The van der Waals surface area contributed by atoms with Gasteiger partial charge < -0.3 is 10.0 Å². The van der Waals surface area contributed by atoms with E-state index < -0.39 is 11.9 Å². The maximum absolute atomic E-state index is 12.1. The molecule has 1 unspecified atom stereocenters. The third-order valence-electron chi connectivity index (χ3n) is 3.51. The van der Waals surface area contributed by atoms with Crippen molar-refractivity contribution < 1.29 is 14.7 Å². The van der Waals surface area contributed by atoms with E-state index in [0.717, 1.165) is 5.56 Å². The number of carbonyl (C=O) groups is 2. The number of carbonyl (C=O) groups excluding carboxylic acids is 1. The first-order chi connectivity index (χ1) is 8.50. The molecule has 2 rings (SSSR count). The van der Waals surface area contributed by atoms with Gasteiger partial charge in [0, 0.05) is 25.2 Å². The number of carboxylic acid groups (broad SMARTS) is 1. The van der Waals surface area contributed by atoms with Crippen LogP contribution in [-0.4, -0.2) is 40.0 Å². The zero-order chi connectivity index (χ0) is 13.3. The predicted molar refractivity (Wildman–Crippen MR) is 65.2 cm³/mol. The predicted octanol–water partition coefficient (Wildman–Crippen LogP) is 1.18. The van der Waals surface area contributed by atoms with Gasteiger partial charge in [-0.2, -0.15) is 0 Å². The van der Waals surface area contributed by atoms with Crippen molar-refractivity contribution in [1.29, 1.82) is 0 Å². The SMILES string of the molecule is Cc1cccnc1C(=O)N1CC(C(C)C(=O)O)C1. The van der Waals surface area contributed by atoms with E-state index in [0.29, 0.717) is 18.8 Å². The minimum absolute atomic E-state index is 0.0514. The molecule has 0 aliphatic carbocycles. The minimum atomic E-state index is -0.805. The van der Waals surface area contributed by atoms with Crippen LogP contribution < -0.4 is 0 Å². The number of amides is 1. The Morgan fingerprint density at radius 3 is 2.72 bits per heavy atom. The molecule has 5 nitrogen and oxygen atoms in total. The molecule has 0 spiro atoms. The van der Waals surface area contributed by atoms with Crippen molar-refractivity contribution in [3.05, 3.63) is 29.6 Å². The van der Waals surface area contributed by atoms with E-state index in [4.69, 9.17) is 5.11 Å². The number of likely N-dealkylation sites (tertiary alicyclic amines) is 1. The summed E-state index contributed by atoms with van der Waals surface area (Å²) < 4.78 is 0. The molecular formula is C13H16N2O3. The lowest BCUT2D eigenvalue weighted by Crippen LogP contribution is -2.53. The molecule has 1 amide bonds. The van der Waals surface area contributed by atoms with E-state index >= 15 is 0 Å². The minimum Gasteiger partial charge on any atom is -0.481 e. The standard InChI is InChI=1S/C13H16N2O3/c1-8-4-3-5-14-11(8)12(16)15-6-10(7-15)9(2)13(17)18/h3-5,9-10H,6-7H2,1-2H3,(H,17,18). The van der Waals surface area contributed by atoms with Gasteiger partial charge in [-0.1, -0.05) is 13.0 Å². The molecule has 1 N–H and O–H groups in total. The summed E-state index contributed by atoms with van der Waals surface area (Å²) in [6.45, 7) is 4.53. The van der Waals surface area contributed by atoms with Gasteiger partial charge >= 0.3 is 5.97 Å². The molecule has 0 radical (unpaired) electrons. The second-order valence-electron chi connectivity index (χ2n) is 4.77. The lowest BCUT2D eigenvalue weighted by atomic mass is 9.87. The fourth-order valence-electron chi connectivity index (χ4n) is 2.06. The Hall–Kier alpha value is -1.91. The Morgan fingerprint density at radius 1 is 1.50 bits per heavy atom. The van der Waals surface area contributed by atoms with Crippen molar-refractivity contribution in [2.45, 2.75) is 13.8 Å². The third kappa shape index (κ3) is 2.20. The highest BCUT2D eigenvalue weighted by atomic mass is 16.4. The summed E-state index contributed by atoms with van der Waals surface area (Å²) in [6, 6.07) is 3.63. The zero-order valence-corrected chi connectivity index (χ0v) is 10.5. The van der Waals surface area contributed by atoms with Crippen LogP contribution in [0.25, 0.3) is 0 Å². The summed E-state index contributed by atoms with van der Waals surface area (Å²) in [6.07, 6.45) is 1.59. The van der Waals surface area contributed by atoms with Gasteiger partial charge in [0.25, 0.3) is 5.91 Å². The van der Waals surface area contributed by atoms with Crippen molar-refractivity contribution in [1.82, 2.24) is 9.88 Å². The number of aromatic nitrogens is 1. The highest BCUT2D eigenvalue weighted by Crippen LogP contribution is 2.25. The lowest BCUT2D eigenvalue weighted by Gasteiger charge is -2.41. The zero-order valence-electron chi connectivity index (χ0n) is 10.5.